The summed E-state index contributed by atoms with van der Waals surface area (Å²) in [6.45, 7) is 2.06. The van der Waals surface area contributed by atoms with Gasteiger partial charge in [0, 0.05) is 11.8 Å². The van der Waals surface area contributed by atoms with E-state index in [-0.39, 0.29) is 5.02 Å². The molecule has 3 nitrogen and oxygen atoms in total. The second-order valence-corrected chi connectivity index (χ2v) is 5.23. The largest absolute Gasteiger partial charge is 0.317 e. The number of aromatic nitrogens is 2. The van der Waals surface area contributed by atoms with Crippen LogP contribution < -0.4 is 5.32 Å². The lowest BCUT2D eigenvalue weighted by molar-refractivity contribution is 0.343. The lowest BCUT2D eigenvalue weighted by Crippen LogP contribution is -2.29. The molecule has 1 saturated heterocycles. The minimum absolute atomic E-state index is 0.145. The zero-order valence-electron chi connectivity index (χ0n) is 10.4. The molecule has 2 aromatic rings. The SMILES string of the molecule is Fc1ccc(-c2cnn(C3CCNCC3)c2)cc1Cl. The minimum Gasteiger partial charge on any atom is -0.317 e. The van der Waals surface area contributed by atoms with Crippen molar-refractivity contribution in [1.29, 1.82) is 0 Å². The van der Waals surface area contributed by atoms with Crippen molar-refractivity contribution < 1.29 is 4.39 Å². The molecular formula is C14H15ClFN3. The summed E-state index contributed by atoms with van der Waals surface area (Å²) in [5.41, 5.74) is 1.87. The Bertz CT molecular complexity index is 576. The fourth-order valence-corrected chi connectivity index (χ4v) is 2.61. The molecule has 1 aliphatic heterocycles. The topological polar surface area (TPSA) is 29.9 Å². The van der Waals surface area contributed by atoms with Crippen molar-refractivity contribution in [3.8, 4) is 11.1 Å². The molecule has 19 heavy (non-hydrogen) atoms. The third kappa shape index (κ3) is 2.65. The van der Waals surface area contributed by atoms with Crippen LogP contribution in [0.5, 0.6) is 0 Å². The molecule has 2 heterocycles. The van der Waals surface area contributed by atoms with Gasteiger partial charge in [-0.2, -0.15) is 5.10 Å². The van der Waals surface area contributed by atoms with Crippen LogP contribution in [-0.4, -0.2) is 22.9 Å². The van der Waals surface area contributed by atoms with Crippen molar-refractivity contribution in [3.63, 3.8) is 0 Å². The fraction of sp³-hybridized carbons (Fsp3) is 0.357. The van der Waals surface area contributed by atoms with E-state index in [1.54, 1.807) is 12.1 Å². The molecule has 1 aliphatic rings. The van der Waals surface area contributed by atoms with Crippen LogP contribution >= 0.6 is 11.6 Å². The maximum Gasteiger partial charge on any atom is 0.141 e. The highest BCUT2D eigenvalue weighted by Crippen LogP contribution is 2.26. The molecule has 1 aromatic carbocycles. The normalized spacial score (nSPS) is 16.7. The summed E-state index contributed by atoms with van der Waals surface area (Å²) in [7, 11) is 0. The number of nitrogens with one attached hydrogen (secondary N) is 1. The molecule has 0 atom stereocenters. The third-order valence-corrected chi connectivity index (χ3v) is 3.83. The molecule has 1 fully saturated rings. The highest BCUT2D eigenvalue weighted by Gasteiger charge is 2.16. The van der Waals surface area contributed by atoms with E-state index in [9.17, 15) is 4.39 Å². The predicted octanol–water partition coefficient (Wildman–Crippen LogP) is 3.27. The maximum absolute atomic E-state index is 13.2. The van der Waals surface area contributed by atoms with Crippen LogP contribution in [-0.2, 0) is 0 Å². The molecule has 0 radical (unpaired) electrons. The smallest absolute Gasteiger partial charge is 0.141 e. The van der Waals surface area contributed by atoms with Gasteiger partial charge in [0.1, 0.15) is 5.82 Å². The molecule has 0 amide bonds. The molecule has 3 rings (SSSR count). The van der Waals surface area contributed by atoms with Gasteiger partial charge in [0.05, 0.1) is 17.3 Å². The summed E-state index contributed by atoms with van der Waals surface area (Å²) in [6.07, 6.45) is 6.00. The predicted molar refractivity (Wildman–Crippen MR) is 73.8 cm³/mol. The van der Waals surface area contributed by atoms with E-state index in [4.69, 9.17) is 11.6 Å². The fourth-order valence-electron chi connectivity index (χ4n) is 2.43. The Labute approximate surface area is 116 Å². The van der Waals surface area contributed by atoms with Crippen LogP contribution in [0.15, 0.2) is 30.6 Å². The van der Waals surface area contributed by atoms with Gasteiger partial charge in [0.15, 0.2) is 0 Å². The molecule has 0 bridgehead atoms. The standard InChI is InChI=1S/C14H15ClFN3/c15-13-7-10(1-2-14(13)16)11-8-18-19(9-11)12-3-5-17-6-4-12/h1-2,7-9,12,17H,3-6H2. The summed E-state index contributed by atoms with van der Waals surface area (Å²) in [5.74, 6) is -0.392. The van der Waals surface area contributed by atoms with Gasteiger partial charge in [-0.1, -0.05) is 17.7 Å². The maximum atomic E-state index is 13.2. The molecule has 5 heteroatoms. The van der Waals surface area contributed by atoms with Gasteiger partial charge in [0.25, 0.3) is 0 Å². The minimum atomic E-state index is -0.392. The zero-order valence-corrected chi connectivity index (χ0v) is 11.2. The van der Waals surface area contributed by atoms with Gasteiger partial charge in [0.2, 0.25) is 0 Å². The van der Waals surface area contributed by atoms with Gasteiger partial charge in [-0.15, -0.1) is 0 Å². The van der Waals surface area contributed by atoms with E-state index in [2.05, 4.69) is 10.4 Å². The summed E-state index contributed by atoms with van der Waals surface area (Å²) in [5, 5.41) is 7.90. The second-order valence-electron chi connectivity index (χ2n) is 4.82. The van der Waals surface area contributed by atoms with Crippen molar-refractivity contribution in [2.45, 2.75) is 18.9 Å². The van der Waals surface area contributed by atoms with Gasteiger partial charge in [-0.3, -0.25) is 4.68 Å². The van der Waals surface area contributed by atoms with E-state index < -0.39 is 5.82 Å². The van der Waals surface area contributed by atoms with E-state index in [0.29, 0.717) is 6.04 Å². The van der Waals surface area contributed by atoms with Crippen LogP contribution in [0.3, 0.4) is 0 Å². The van der Waals surface area contributed by atoms with Crippen molar-refractivity contribution in [2.75, 3.05) is 13.1 Å². The van der Waals surface area contributed by atoms with E-state index in [1.165, 1.54) is 6.07 Å². The number of piperidine rings is 1. The number of nitrogens with zero attached hydrogens (tertiary/aromatic N) is 2. The van der Waals surface area contributed by atoms with Gasteiger partial charge >= 0.3 is 0 Å². The highest BCUT2D eigenvalue weighted by molar-refractivity contribution is 6.31. The molecule has 100 valence electrons. The molecule has 0 unspecified atom stereocenters. The van der Waals surface area contributed by atoms with Crippen LogP contribution in [0.4, 0.5) is 4.39 Å². The Morgan fingerprint density at radius 2 is 2.05 bits per heavy atom. The van der Waals surface area contributed by atoms with E-state index in [1.807, 2.05) is 17.1 Å². The average molecular weight is 280 g/mol. The highest BCUT2D eigenvalue weighted by atomic mass is 35.5. The van der Waals surface area contributed by atoms with Crippen molar-refractivity contribution in [1.82, 2.24) is 15.1 Å². The van der Waals surface area contributed by atoms with Crippen LogP contribution in [0.1, 0.15) is 18.9 Å². The number of benzene rings is 1. The Kier molecular flexibility index (Phi) is 3.53. The number of rotatable bonds is 2. The van der Waals surface area contributed by atoms with Crippen LogP contribution in [0.25, 0.3) is 11.1 Å². The lowest BCUT2D eigenvalue weighted by atomic mass is 10.1. The molecule has 0 aliphatic carbocycles. The van der Waals surface area contributed by atoms with Crippen molar-refractivity contribution in [3.05, 3.63) is 41.4 Å². The number of hydrogen-bond donors (Lipinski definition) is 1. The second kappa shape index (κ2) is 5.31. The van der Waals surface area contributed by atoms with E-state index in [0.717, 1.165) is 37.1 Å². The van der Waals surface area contributed by atoms with E-state index >= 15 is 0 Å². The van der Waals surface area contributed by atoms with Gasteiger partial charge in [-0.05, 0) is 43.6 Å². The first kappa shape index (κ1) is 12.6. The summed E-state index contributed by atoms with van der Waals surface area (Å²) in [4.78, 5) is 0. The first-order chi connectivity index (χ1) is 9.24. The lowest BCUT2D eigenvalue weighted by Gasteiger charge is -2.22. The Morgan fingerprint density at radius 3 is 2.79 bits per heavy atom. The van der Waals surface area contributed by atoms with Gasteiger partial charge in [-0.25, -0.2) is 4.39 Å². The van der Waals surface area contributed by atoms with Crippen LogP contribution in [0, 0.1) is 5.82 Å². The Balaban J connectivity index is 1.85. The average Bonchev–Trinajstić information content (AvgIpc) is 2.93. The summed E-state index contributed by atoms with van der Waals surface area (Å²) in [6, 6.07) is 5.21. The number of hydrogen-bond acceptors (Lipinski definition) is 2. The van der Waals surface area contributed by atoms with Crippen molar-refractivity contribution >= 4 is 11.6 Å². The Morgan fingerprint density at radius 1 is 1.26 bits per heavy atom. The van der Waals surface area contributed by atoms with Crippen molar-refractivity contribution in [2.24, 2.45) is 0 Å². The first-order valence-corrected chi connectivity index (χ1v) is 6.82. The first-order valence-electron chi connectivity index (χ1n) is 6.44. The van der Waals surface area contributed by atoms with Crippen LogP contribution in [0.2, 0.25) is 5.02 Å². The summed E-state index contributed by atoms with van der Waals surface area (Å²) >= 11 is 5.81. The molecular weight excluding hydrogens is 265 g/mol. The summed E-state index contributed by atoms with van der Waals surface area (Å²) < 4.78 is 15.2. The third-order valence-electron chi connectivity index (χ3n) is 3.54. The number of halogens is 2. The van der Waals surface area contributed by atoms with Gasteiger partial charge < -0.3 is 5.32 Å². The monoisotopic (exact) mass is 279 g/mol. The molecule has 0 spiro atoms. The molecule has 1 N–H and O–H groups in total. The zero-order chi connectivity index (χ0) is 13.2. The Hall–Kier alpha value is -1.39. The molecule has 0 saturated carbocycles. The molecule has 1 aromatic heterocycles. The quantitative estimate of drug-likeness (QED) is 0.914.